The van der Waals surface area contributed by atoms with Gasteiger partial charge in [-0.2, -0.15) is 0 Å². The highest BCUT2D eigenvalue weighted by molar-refractivity contribution is 7.82. The molecule has 0 saturated carbocycles. The van der Waals surface area contributed by atoms with Crippen molar-refractivity contribution in [2.24, 2.45) is 20.0 Å². The Morgan fingerprint density at radius 1 is 0.613 bits per heavy atom. The van der Waals surface area contributed by atoms with Crippen LogP contribution in [0.4, 0.5) is 0 Å². The van der Waals surface area contributed by atoms with E-state index in [1.54, 1.807) is 49.1 Å². The first-order valence-electron chi connectivity index (χ1n) is 9.18. The summed E-state index contributed by atoms with van der Waals surface area (Å²) < 4.78 is 0. The lowest BCUT2D eigenvalue weighted by Crippen LogP contribution is -2.18. The maximum absolute atomic E-state index is 11.8. The highest BCUT2D eigenvalue weighted by atomic mass is 32.1. The summed E-state index contributed by atoms with van der Waals surface area (Å²) in [4.78, 5) is 37.9. The Bertz CT molecular complexity index is 914. The second kappa shape index (κ2) is 10.9. The number of nitrogens with zero attached hydrogens (tertiary/aromatic N) is 4. The zero-order chi connectivity index (χ0) is 21.5. The maximum atomic E-state index is 11.8. The van der Waals surface area contributed by atoms with E-state index in [9.17, 15) is 9.59 Å². The van der Waals surface area contributed by atoms with Gasteiger partial charge >= 0.3 is 0 Å². The molecule has 2 aliphatic rings. The van der Waals surface area contributed by atoms with Crippen molar-refractivity contribution < 1.29 is 15.1 Å². The van der Waals surface area contributed by atoms with Gasteiger partial charge in [0.25, 0.3) is 0 Å². The highest BCUT2D eigenvalue weighted by Gasteiger charge is 2.29. The number of aliphatic imine (C=N–C) groups is 4. The molecule has 0 aromatic heterocycles. The van der Waals surface area contributed by atoms with E-state index in [0.29, 0.717) is 11.1 Å². The summed E-state index contributed by atoms with van der Waals surface area (Å²) in [6, 6.07) is 18.2. The number of hydrogen-bond donors (Lipinski definition) is 2. The number of rotatable bonds is 6. The number of thiol groups is 2. The average Bonchev–Trinajstić information content (AvgIpc) is 3.38. The van der Waals surface area contributed by atoms with Crippen LogP contribution in [-0.4, -0.2) is 51.9 Å². The summed E-state index contributed by atoms with van der Waals surface area (Å²) in [6.45, 7) is 0. The molecule has 0 fully saturated rings. The highest BCUT2D eigenvalue weighted by Crippen LogP contribution is 2.27. The lowest BCUT2D eigenvalue weighted by Gasteiger charge is -2.14. The third-order valence-corrected chi connectivity index (χ3v) is 5.02. The summed E-state index contributed by atoms with van der Waals surface area (Å²) in [5, 5.41) is 0. The van der Waals surface area contributed by atoms with Crippen molar-refractivity contribution >= 4 is 61.7 Å². The first-order valence-corrected chi connectivity index (χ1v) is 10.1. The second-order valence-electron chi connectivity index (χ2n) is 6.59. The molecule has 2 aromatic carbocycles. The van der Waals surface area contributed by atoms with Crippen LogP contribution in [0.2, 0.25) is 0 Å². The first-order chi connectivity index (χ1) is 14.4. The van der Waals surface area contributed by atoms with Crippen molar-refractivity contribution in [1.82, 2.24) is 0 Å². The fraction of sp³-hybridized carbons (Fsp3) is 0.182. The largest absolute Gasteiger partial charge is 0.412 e. The molecule has 0 amide bonds. The van der Waals surface area contributed by atoms with E-state index < -0.39 is 9.99 Å². The third-order valence-electron chi connectivity index (χ3n) is 4.25. The molecule has 2 N–H and O–H groups in total. The van der Waals surface area contributed by atoms with Crippen molar-refractivity contribution in [1.29, 1.82) is 0 Å². The van der Waals surface area contributed by atoms with Crippen LogP contribution in [-0.2, 0) is 0 Å². The van der Waals surface area contributed by atoms with Crippen LogP contribution >= 0.6 is 25.3 Å². The van der Waals surface area contributed by atoms with Crippen LogP contribution in [0.1, 0.15) is 33.6 Å². The van der Waals surface area contributed by atoms with Gasteiger partial charge in [-0.25, -0.2) is 0 Å². The molecule has 0 atom stereocenters. The molecular formula is C22H22N4O3S2. The first kappa shape index (κ1) is 24.4. The van der Waals surface area contributed by atoms with Gasteiger partial charge in [0, 0.05) is 36.0 Å². The van der Waals surface area contributed by atoms with Crippen LogP contribution in [0.25, 0.3) is 0 Å². The van der Waals surface area contributed by atoms with E-state index in [-0.39, 0.29) is 29.9 Å². The predicted molar refractivity (Wildman–Crippen MR) is 132 cm³/mol. The molecule has 0 bridgehead atoms. The average molecular weight is 455 g/mol. The number of benzene rings is 2. The molecule has 0 aliphatic carbocycles. The molecule has 2 heterocycles. The lowest BCUT2D eigenvalue weighted by molar-refractivity contribution is 0.0963. The minimum atomic E-state index is -0.896. The fourth-order valence-electron chi connectivity index (χ4n) is 2.74. The quantitative estimate of drug-likeness (QED) is 0.515. The van der Waals surface area contributed by atoms with Gasteiger partial charge in [-0.3, -0.25) is 29.6 Å². The minimum Gasteiger partial charge on any atom is -0.412 e. The minimum absolute atomic E-state index is 0. The third kappa shape index (κ3) is 7.09. The second-order valence-corrected chi connectivity index (χ2v) is 8.03. The van der Waals surface area contributed by atoms with Crippen molar-refractivity contribution in [3.63, 3.8) is 0 Å². The predicted octanol–water partition coefficient (Wildman–Crippen LogP) is 3.17. The summed E-state index contributed by atoms with van der Waals surface area (Å²) in [5.74, 6) is 0.00333. The molecule has 9 heteroatoms. The van der Waals surface area contributed by atoms with Crippen molar-refractivity contribution in [3.05, 3.63) is 71.8 Å². The number of hydrogen-bond acceptors (Lipinski definition) is 8. The number of ketones is 2. The van der Waals surface area contributed by atoms with Crippen molar-refractivity contribution in [3.8, 4) is 0 Å². The van der Waals surface area contributed by atoms with Gasteiger partial charge in [0.2, 0.25) is 9.99 Å². The molecule has 160 valence electrons. The zero-order valence-electron chi connectivity index (χ0n) is 16.5. The summed E-state index contributed by atoms with van der Waals surface area (Å²) >= 11 is 8.51. The molecule has 4 rings (SSSR count). The zero-order valence-corrected chi connectivity index (χ0v) is 18.3. The van der Waals surface area contributed by atoms with Gasteiger partial charge in [-0.1, -0.05) is 60.7 Å². The SMILES string of the molecule is O.O=C(CC1(S)N=CC=N1)c1ccccc1.O=C(CC1(S)N=CC=N1)c1ccccc1. The summed E-state index contributed by atoms with van der Waals surface area (Å²) in [6.07, 6.45) is 6.62. The Morgan fingerprint density at radius 3 is 1.19 bits per heavy atom. The van der Waals surface area contributed by atoms with Gasteiger partial charge in [0.05, 0.1) is 12.8 Å². The molecule has 0 radical (unpaired) electrons. The lowest BCUT2D eigenvalue weighted by atomic mass is 10.1. The Balaban J connectivity index is 0.000000213. The number of carbonyl (C=O) groups excluding carboxylic acids is 2. The van der Waals surface area contributed by atoms with Crippen molar-refractivity contribution in [2.75, 3.05) is 0 Å². The monoisotopic (exact) mass is 454 g/mol. The molecule has 7 nitrogen and oxygen atoms in total. The van der Waals surface area contributed by atoms with Crippen LogP contribution in [0.5, 0.6) is 0 Å². The fourth-order valence-corrected chi connectivity index (χ4v) is 3.30. The Labute approximate surface area is 191 Å². The molecular weight excluding hydrogens is 432 g/mol. The van der Waals surface area contributed by atoms with Crippen LogP contribution in [0.15, 0.2) is 80.6 Å². The topological polar surface area (TPSA) is 115 Å². The van der Waals surface area contributed by atoms with Gasteiger partial charge in [0.1, 0.15) is 0 Å². The standard InChI is InChI=1S/2C11H10N2OS.H2O/c2*14-10(9-4-2-1-3-5-9)8-11(15)12-6-7-13-11;/h2*1-7,15H,8H2;1H2. The van der Waals surface area contributed by atoms with E-state index in [4.69, 9.17) is 0 Å². The molecule has 2 aliphatic heterocycles. The van der Waals surface area contributed by atoms with E-state index in [2.05, 4.69) is 45.2 Å². The normalized spacial score (nSPS) is 16.3. The van der Waals surface area contributed by atoms with E-state index in [0.717, 1.165) is 0 Å². The molecule has 31 heavy (non-hydrogen) atoms. The smallest absolute Gasteiger partial charge is 0.201 e. The van der Waals surface area contributed by atoms with Gasteiger partial charge < -0.3 is 5.48 Å². The van der Waals surface area contributed by atoms with E-state index in [1.807, 2.05) is 36.4 Å². The van der Waals surface area contributed by atoms with E-state index in [1.165, 1.54) is 0 Å². The van der Waals surface area contributed by atoms with Gasteiger partial charge in [-0.15, -0.1) is 25.3 Å². The Morgan fingerprint density at radius 2 is 0.903 bits per heavy atom. The Kier molecular flexibility index (Phi) is 8.61. The maximum Gasteiger partial charge on any atom is 0.201 e. The van der Waals surface area contributed by atoms with Crippen LogP contribution < -0.4 is 0 Å². The van der Waals surface area contributed by atoms with E-state index >= 15 is 0 Å². The Hall–Kier alpha value is -2.88. The van der Waals surface area contributed by atoms with Crippen molar-refractivity contribution in [2.45, 2.75) is 22.8 Å². The molecule has 0 spiro atoms. The number of Topliss-reactive ketones (excluding diaryl/α,β-unsaturated/α-hetero) is 2. The molecule has 0 unspecified atom stereocenters. The molecule has 0 saturated heterocycles. The van der Waals surface area contributed by atoms with Gasteiger partial charge in [0.15, 0.2) is 11.6 Å². The molecule has 2 aromatic rings. The van der Waals surface area contributed by atoms with Crippen LogP contribution in [0.3, 0.4) is 0 Å². The summed E-state index contributed by atoms with van der Waals surface area (Å²) in [7, 11) is 0. The van der Waals surface area contributed by atoms with Gasteiger partial charge in [-0.05, 0) is 0 Å². The summed E-state index contributed by atoms with van der Waals surface area (Å²) in [5.41, 5.74) is 1.34. The van der Waals surface area contributed by atoms with Crippen LogP contribution in [0, 0.1) is 0 Å². The number of carbonyl (C=O) groups is 2.